The number of piperidine rings is 1. The third kappa shape index (κ3) is 3.03. The van der Waals surface area contributed by atoms with Crippen LogP contribution in [0, 0.1) is 5.92 Å². The minimum atomic E-state index is 0.373. The fourth-order valence-electron chi connectivity index (χ4n) is 2.10. The SMILES string of the molecule is CNC(C)c1csc(CC2CCNCC2)n1. The van der Waals surface area contributed by atoms with Gasteiger partial charge in [0.05, 0.1) is 10.7 Å². The van der Waals surface area contributed by atoms with Crippen molar-refractivity contribution in [1.29, 1.82) is 0 Å². The van der Waals surface area contributed by atoms with Crippen molar-refractivity contribution in [2.75, 3.05) is 20.1 Å². The van der Waals surface area contributed by atoms with Crippen LogP contribution in [0.3, 0.4) is 0 Å². The highest BCUT2D eigenvalue weighted by Gasteiger charge is 2.16. The van der Waals surface area contributed by atoms with Crippen molar-refractivity contribution in [3.05, 3.63) is 16.1 Å². The Kier molecular flexibility index (Phi) is 4.32. The molecular weight excluding hydrogens is 218 g/mol. The van der Waals surface area contributed by atoms with Crippen LogP contribution in [0.15, 0.2) is 5.38 Å². The van der Waals surface area contributed by atoms with Crippen molar-refractivity contribution in [3.8, 4) is 0 Å². The maximum Gasteiger partial charge on any atom is 0.0931 e. The number of rotatable bonds is 4. The van der Waals surface area contributed by atoms with E-state index in [1.54, 1.807) is 0 Å². The topological polar surface area (TPSA) is 37.0 Å². The number of thiazole rings is 1. The van der Waals surface area contributed by atoms with Gasteiger partial charge in [-0.1, -0.05) is 0 Å². The van der Waals surface area contributed by atoms with Crippen LogP contribution in [0.4, 0.5) is 0 Å². The fourth-order valence-corrected chi connectivity index (χ4v) is 3.10. The van der Waals surface area contributed by atoms with Crippen molar-refractivity contribution >= 4 is 11.3 Å². The summed E-state index contributed by atoms with van der Waals surface area (Å²) in [6.45, 7) is 4.51. The molecule has 0 radical (unpaired) electrons. The van der Waals surface area contributed by atoms with Gasteiger partial charge in [0.2, 0.25) is 0 Å². The lowest BCUT2D eigenvalue weighted by atomic mass is 9.95. The summed E-state index contributed by atoms with van der Waals surface area (Å²) in [7, 11) is 1.98. The molecule has 16 heavy (non-hydrogen) atoms. The van der Waals surface area contributed by atoms with Crippen molar-refractivity contribution in [3.63, 3.8) is 0 Å². The molecule has 0 spiro atoms. The van der Waals surface area contributed by atoms with Gasteiger partial charge in [0.1, 0.15) is 0 Å². The molecule has 0 amide bonds. The Balaban J connectivity index is 1.91. The molecule has 2 rings (SSSR count). The molecule has 4 heteroatoms. The molecule has 1 aromatic heterocycles. The molecular formula is C12H21N3S. The molecule has 1 unspecified atom stereocenters. The maximum atomic E-state index is 4.71. The second-order valence-electron chi connectivity index (χ2n) is 4.57. The summed E-state index contributed by atoms with van der Waals surface area (Å²) in [5.74, 6) is 0.838. The van der Waals surface area contributed by atoms with Crippen molar-refractivity contribution < 1.29 is 0 Å². The van der Waals surface area contributed by atoms with Crippen molar-refractivity contribution in [2.24, 2.45) is 5.92 Å². The van der Waals surface area contributed by atoms with Gasteiger partial charge >= 0.3 is 0 Å². The Labute approximate surface area is 102 Å². The summed E-state index contributed by atoms with van der Waals surface area (Å²) in [4.78, 5) is 4.71. The van der Waals surface area contributed by atoms with Crippen LogP contribution in [0.25, 0.3) is 0 Å². The molecule has 1 saturated heterocycles. The minimum absolute atomic E-state index is 0.373. The largest absolute Gasteiger partial charge is 0.317 e. The molecule has 1 atom stereocenters. The number of hydrogen-bond acceptors (Lipinski definition) is 4. The number of hydrogen-bond donors (Lipinski definition) is 2. The summed E-state index contributed by atoms with van der Waals surface area (Å²) in [6, 6.07) is 0.373. The van der Waals surface area contributed by atoms with E-state index >= 15 is 0 Å². The van der Waals surface area contributed by atoms with E-state index in [0.29, 0.717) is 6.04 Å². The summed E-state index contributed by atoms with van der Waals surface area (Å²) in [5, 5.41) is 10.1. The van der Waals surface area contributed by atoms with Gasteiger partial charge < -0.3 is 10.6 Å². The van der Waals surface area contributed by atoms with E-state index in [4.69, 9.17) is 4.98 Å². The third-order valence-electron chi connectivity index (χ3n) is 3.37. The number of aromatic nitrogens is 1. The predicted molar refractivity (Wildman–Crippen MR) is 68.9 cm³/mol. The van der Waals surface area contributed by atoms with E-state index in [1.165, 1.54) is 43.1 Å². The lowest BCUT2D eigenvalue weighted by molar-refractivity contribution is 0.372. The Bertz CT molecular complexity index is 318. The lowest BCUT2D eigenvalue weighted by Gasteiger charge is -2.21. The molecule has 2 N–H and O–H groups in total. The first-order valence-electron chi connectivity index (χ1n) is 6.12. The first-order valence-corrected chi connectivity index (χ1v) is 7.00. The van der Waals surface area contributed by atoms with E-state index < -0.39 is 0 Å². The Morgan fingerprint density at radius 1 is 1.56 bits per heavy atom. The third-order valence-corrected chi connectivity index (χ3v) is 4.26. The predicted octanol–water partition coefficient (Wildman–Crippen LogP) is 1.97. The highest BCUT2D eigenvalue weighted by atomic mass is 32.1. The molecule has 0 aliphatic carbocycles. The van der Waals surface area contributed by atoms with Crippen LogP contribution in [-0.4, -0.2) is 25.1 Å². The number of nitrogens with zero attached hydrogens (tertiary/aromatic N) is 1. The van der Waals surface area contributed by atoms with E-state index in [1.807, 2.05) is 18.4 Å². The quantitative estimate of drug-likeness (QED) is 0.843. The van der Waals surface area contributed by atoms with Gasteiger partial charge in [-0.05, 0) is 45.8 Å². The van der Waals surface area contributed by atoms with Crippen molar-refractivity contribution in [1.82, 2.24) is 15.6 Å². The molecule has 0 aromatic carbocycles. The standard InChI is InChI=1S/C12H21N3S/c1-9(13-2)11-8-16-12(15-11)7-10-3-5-14-6-4-10/h8-10,13-14H,3-7H2,1-2H3. The van der Waals surface area contributed by atoms with Crippen LogP contribution >= 0.6 is 11.3 Å². The van der Waals surface area contributed by atoms with Gasteiger partial charge in [0.25, 0.3) is 0 Å². The number of nitrogens with one attached hydrogen (secondary N) is 2. The molecule has 0 bridgehead atoms. The van der Waals surface area contributed by atoms with Crippen LogP contribution in [0.1, 0.15) is 36.5 Å². The lowest BCUT2D eigenvalue weighted by Crippen LogP contribution is -2.28. The Morgan fingerprint density at radius 2 is 2.31 bits per heavy atom. The van der Waals surface area contributed by atoms with Crippen LogP contribution < -0.4 is 10.6 Å². The highest BCUT2D eigenvalue weighted by molar-refractivity contribution is 7.09. The normalized spacial score (nSPS) is 19.9. The van der Waals surface area contributed by atoms with Gasteiger partial charge in [-0.2, -0.15) is 0 Å². The van der Waals surface area contributed by atoms with Gasteiger partial charge in [-0.25, -0.2) is 4.98 Å². The molecule has 1 aliphatic heterocycles. The van der Waals surface area contributed by atoms with Gasteiger partial charge in [0, 0.05) is 17.8 Å². The Hall–Kier alpha value is -0.450. The zero-order valence-corrected chi connectivity index (χ0v) is 10.9. The highest BCUT2D eigenvalue weighted by Crippen LogP contribution is 2.22. The molecule has 3 nitrogen and oxygen atoms in total. The molecule has 90 valence electrons. The molecule has 0 saturated carbocycles. The van der Waals surface area contributed by atoms with Gasteiger partial charge in [-0.3, -0.25) is 0 Å². The van der Waals surface area contributed by atoms with E-state index in [9.17, 15) is 0 Å². The van der Waals surface area contributed by atoms with E-state index in [-0.39, 0.29) is 0 Å². The van der Waals surface area contributed by atoms with Crippen LogP contribution in [-0.2, 0) is 6.42 Å². The Morgan fingerprint density at radius 3 is 3.00 bits per heavy atom. The minimum Gasteiger partial charge on any atom is -0.317 e. The second-order valence-corrected chi connectivity index (χ2v) is 5.52. The maximum absolute atomic E-state index is 4.71. The van der Waals surface area contributed by atoms with Gasteiger partial charge in [-0.15, -0.1) is 11.3 Å². The summed E-state index contributed by atoms with van der Waals surface area (Å²) in [5.41, 5.74) is 1.19. The van der Waals surface area contributed by atoms with Crippen molar-refractivity contribution in [2.45, 2.75) is 32.2 Å². The second kappa shape index (κ2) is 5.75. The summed E-state index contributed by atoms with van der Waals surface area (Å²) in [6.07, 6.45) is 3.77. The van der Waals surface area contributed by atoms with Crippen LogP contribution in [0.2, 0.25) is 0 Å². The average molecular weight is 239 g/mol. The first-order chi connectivity index (χ1) is 7.79. The van der Waals surface area contributed by atoms with Gasteiger partial charge in [0.15, 0.2) is 0 Å². The first kappa shape index (κ1) is 12.0. The molecule has 1 aromatic rings. The fraction of sp³-hybridized carbons (Fsp3) is 0.750. The average Bonchev–Trinajstić information content (AvgIpc) is 2.78. The van der Waals surface area contributed by atoms with E-state index in [0.717, 1.165) is 5.92 Å². The molecule has 1 fully saturated rings. The van der Waals surface area contributed by atoms with Crippen LogP contribution in [0.5, 0.6) is 0 Å². The zero-order valence-electron chi connectivity index (χ0n) is 10.1. The smallest absolute Gasteiger partial charge is 0.0931 e. The summed E-state index contributed by atoms with van der Waals surface area (Å²) < 4.78 is 0. The monoisotopic (exact) mass is 239 g/mol. The zero-order chi connectivity index (χ0) is 11.4. The molecule has 1 aliphatic rings. The summed E-state index contributed by atoms with van der Waals surface area (Å²) >= 11 is 1.82. The van der Waals surface area contributed by atoms with E-state index in [2.05, 4.69) is 22.9 Å². The molecule has 2 heterocycles.